The van der Waals surface area contributed by atoms with Gasteiger partial charge in [-0.25, -0.2) is 15.0 Å². The van der Waals surface area contributed by atoms with E-state index in [-0.39, 0.29) is 5.92 Å². The van der Waals surface area contributed by atoms with Crippen molar-refractivity contribution in [1.29, 1.82) is 0 Å². The molecule has 1 aliphatic rings. The topological polar surface area (TPSA) is 66.0 Å². The van der Waals surface area contributed by atoms with Crippen LogP contribution in [0.1, 0.15) is 30.1 Å². The van der Waals surface area contributed by atoms with Crippen molar-refractivity contribution in [3.05, 3.63) is 72.5 Å². The number of methoxy groups -OCH3 is 1. The average molecular weight is 372 g/mol. The highest BCUT2D eigenvalue weighted by atomic mass is 16.5. The molecule has 0 N–H and O–H groups in total. The maximum atomic E-state index is 5.63. The lowest BCUT2D eigenvalue weighted by Crippen LogP contribution is -2.05. The van der Waals surface area contributed by atoms with Crippen LogP contribution in [0.5, 0.6) is 5.75 Å². The Morgan fingerprint density at radius 2 is 2.07 bits per heavy atom. The summed E-state index contributed by atoms with van der Waals surface area (Å²) in [5.74, 6) is 2.62. The third kappa shape index (κ3) is 2.97. The van der Waals surface area contributed by atoms with Gasteiger partial charge in [0.05, 0.1) is 26.2 Å². The highest BCUT2D eigenvalue weighted by Gasteiger charge is 2.21. The number of fused-ring (bicyclic) bond motifs is 1. The van der Waals surface area contributed by atoms with Gasteiger partial charge in [-0.15, -0.1) is 0 Å². The number of imidazole rings is 1. The Bertz CT molecular complexity index is 1130. The minimum Gasteiger partial charge on any atom is -0.497 e. The summed E-state index contributed by atoms with van der Waals surface area (Å²) in [5, 5.41) is 0. The van der Waals surface area contributed by atoms with Gasteiger partial charge in [0.2, 0.25) is 0 Å². The van der Waals surface area contributed by atoms with Gasteiger partial charge in [-0.3, -0.25) is 0 Å². The van der Waals surface area contributed by atoms with Crippen LogP contribution in [-0.2, 0) is 6.54 Å². The molecule has 4 aromatic rings. The molecule has 0 saturated heterocycles. The quantitative estimate of drug-likeness (QED) is 0.480. The van der Waals surface area contributed by atoms with E-state index in [1.165, 1.54) is 0 Å². The first kappa shape index (κ1) is 16.7. The van der Waals surface area contributed by atoms with Crippen molar-refractivity contribution < 1.29 is 9.15 Å². The van der Waals surface area contributed by atoms with Crippen LogP contribution in [0.25, 0.3) is 22.6 Å². The van der Waals surface area contributed by atoms with E-state index in [2.05, 4.69) is 33.8 Å². The van der Waals surface area contributed by atoms with Crippen molar-refractivity contribution in [3.8, 4) is 17.2 Å². The molecule has 1 aromatic carbocycles. The van der Waals surface area contributed by atoms with E-state index in [1.807, 2.05) is 30.6 Å². The summed E-state index contributed by atoms with van der Waals surface area (Å²) < 4.78 is 12.9. The number of hydrogen-bond donors (Lipinski definition) is 0. The molecule has 1 unspecified atom stereocenters. The van der Waals surface area contributed by atoms with E-state index < -0.39 is 0 Å². The second-order valence-electron chi connectivity index (χ2n) is 6.91. The number of benzene rings is 1. The van der Waals surface area contributed by atoms with Crippen LogP contribution in [0.4, 0.5) is 0 Å². The molecule has 0 amide bonds. The molecule has 3 aromatic heterocycles. The van der Waals surface area contributed by atoms with E-state index in [0.29, 0.717) is 12.3 Å². The second kappa shape index (κ2) is 6.96. The predicted molar refractivity (Wildman–Crippen MR) is 106 cm³/mol. The van der Waals surface area contributed by atoms with Crippen molar-refractivity contribution in [2.45, 2.75) is 25.3 Å². The standard InChI is InChI=1S/C22H20N4O2/c1-27-17-10-8-15(9-11-17)13-26-14-23-20-19(18-7-4-12-28-18)24-21(25-22(20)26)16-5-2-3-6-16/h2,4-5,7-12,14,16H,3,6,13H2,1H3. The molecule has 6 heteroatoms. The highest BCUT2D eigenvalue weighted by Crippen LogP contribution is 2.31. The number of hydrogen-bond acceptors (Lipinski definition) is 5. The van der Waals surface area contributed by atoms with Gasteiger partial charge in [-0.2, -0.15) is 0 Å². The molecule has 0 fully saturated rings. The van der Waals surface area contributed by atoms with Gasteiger partial charge in [0.1, 0.15) is 22.8 Å². The maximum absolute atomic E-state index is 5.63. The van der Waals surface area contributed by atoms with Gasteiger partial charge in [0, 0.05) is 5.92 Å². The summed E-state index contributed by atoms with van der Waals surface area (Å²) in [5.41, 5.74) is 3.49. The molecule has 0 aliphatic heterocycles. The Kier molecular flexibility index (Phi) is 4.16. The van der Waals surface area contributed by atoms with Crippen LogP contribution in [-0.4, -0.2) is 26.6 Å². The summed E-state index contributed by atoms with van der Waals surface area (Å²) in [4.78, 5) is 14.3. The molecule has 0 saturated carbocycles. The molecule has 1 atom stereocenters. The lowest BCUT2D eigenvalue weighted by atomic mass is 10.1. The Morgan fingerprint density at radius 1 is 1.18 bits per heavy atom. The smallest absolute Gasteiger partial charge is 0.164 e. The molecule has 140 valence electrons. The fraction of sp³-hybridized carbons (Fsp3) is 0.227. The van der Waals surface area contributed by atoms with Crippen LogP contribution in [0, 0.1) is 0 Å². The Labute approximate surface area is 162 Å². The minimum atomic E-state index is 0.238. The first-order valence-corrected chi connectivity index (χ1v) is 9.38. The van der Waals surface area contributed by atoms with Gasteiger partial charge < -0.3 is 13.7 Å². The predicted octanol–water partition coefficient (Wildman–Crippen LogP) is 4.58. The molecule has 0 spiro atoms. The van der Waals surface area contributed by atoms with Gasteiger partial charge >= 0.3 is 0 Å². The fourth-order valence-corrected chi connectivity index (χ4v) is 3.60. The van der Waals surface area contributed by atoms with Crippen LogP contribution in [0.15, 0.2) is 65.6 Å². The summed E-state index contributed by atoms with van der Waals surface area (Å²) in [6, 6.07) is 11.8. The second-order valence-corrected chi connectivity index (χ2v) is 6.91. The Balaban J connectivity index is 1.61. The van der Waals surface area contributed by atoms with Crippen molar-refractivity contribution in [1.82, 2.24) is 19.5 Å². The van der Waals surface area contributed by atoms with Crippen LogP contribution in [0.2, 0.25) is 0 Å². The SMILES string of the molecule is COc1ccc(Cn2cnc3c(-c4ccco4)nc(C4C=CCC4)nc32)cc1. The first-order valence-electron chi connectivity index (χ1n) is 9.38. The molecule has 3 heterocycles. The van der Waals surface area contributed by atoms with Crippen molar-refractivity contribution >= 4 is 11.2 Å². The maximum Gasteiger partial charge on any atom is 0.164 e. The molecule has 0 bridgehead atoms. The summed E-state index contributed by atoms with van der Waals surface area (Å²) >= 11 is 0. The van der Waals surface area contributed by atoms with E-state index in [1.54, 1.807) is 13.4 Å². The van der Waals surface area contributed by atoms with Gasteiger partial charge in [-0.05, 0) is 42.7 Å². The zero-order chi connectivity index (χ0) is 18.9. The number of ether oxygens (including phenoxy) is 1. The zero-order valence-electron chi connectivity index (χ0n) is 15.6. The van der Waals surface area contributed by atoms with Crippen LogP contribution < -0.4 is 4.74 Å². The summed E-state index contributed by atoms with van der Waals surface area (Å²) in [7, 11) is 1.67. The van der Waals surface area contributed by atoms with Crippen molar-refractivity contribution in [2.75, 3.05) is 7.11 Å². The van der Waals surface area contributed by atoms with E-state index in [0.717, 1.165) is 46.8 Å². The number of nitrogens with zero attached hydrogens (tertiary/aromatic N) is 4. The normalized spacial score (nSPS) is 16.1. The third-order valence-electron chi connectivity index (χ3n) is 5.09. The minimum absolute atomic E-state index is 0.238. The molecule has 28 heavy (non-hydrogen) atoms. The van der Waals surface area contributed by atoms with E-state index >= 15 is 0 Å². The molecule has 6 nitrogen and oxygen atoms in total. The molecular formula is C22H20N4O2. The Hall–Kier alpha value is -3.41. The molecule has 0 radical (unpaired) electrons. The largest absolute Gasteiger partial charge is 0.497 e. The van der Waals surface area contributed by atoms with E-state index in [4.69, 9.17) is 19.1 Å². The number of allylic oxidation sites excluding steroid dienone is 2. The fourth-order valence-electron chi connectivity index (χ4n) is 3.60. The highest BCUT2D eigenvalue weighted by molar-refractivity contribution is 5.85. The van der Waals surface area contributed by atoms with E-state index in [9.17, 15) is 0 Å². The molecule has 1 aliphatic carbocycles. The number of rotatable bonds is 5. The molecular weight excluding hydrogens is 352 g/mol. The van der Waals surface area contributed by atoms with Crippen LogP contribution >= 0.6 is 0 Å². The van der Waals surface area contributed by atoms with Gasteiger partial charge in [0.25, 0.3) is 0 Å². The lowest BCUT2D eigenvalue weighted by Gasteiger charge is -2.10. The summed E-state index contributed by atoms with van der Waals surface area (Å²) in [6.07, 6.45) is 9.97. The number of aromatic nitrogens is 4. The molecule has 5 rings (SSSR count). The summed E-state index contributed by atoms with van der Waals surface area (Å²) in [6.45, 7) is 0.676. The van der Waals surface area contributed by atoms with Gasteiger partial charge in [-0.1, -0.05) is 24.3 Å². The third-order valence-corrected chi connectivity index (χ3v) is 5.09. The zero-order valence-corrected chi connectivity index (χ0v) is 15.6. The monoisotopic (exact) mass is 372 g/mol. The van der Waals surface area contributed by atoms with Crippen molar-refractivity contribution in [2.24, 2.45) is 0 Å². The lowest BCUT2D eigenvalue weighted by molar-refractivity contribution is 0.414. The Morgan fingerprint density at radius 3 is 2.79 bits per heavy atom. The van der Waals surface area contributed by atoms with Crippen molar-refractivity contribution in [3.63, 3.8) is 0 Å². The first-order chi connectivity index (χ1) is 13.8. The van der Waals surface area contributed by atoms with Gasteiger partial charge in [0.15, 0.2) is 11.4 Å². The number of furan rings is 1. The van der Waals surface area contributed by atoms with Crippen LogP contribution in [0.3, 0.4) is 0 Å². The average Bonchev–Trinajstić information content (AvgIpc) is 3.50.